The second-order valence-corrected chi connectivity index (χ2v) is 5.37. The lowest BCUT2D eigenvalue weighted by Crippen LogP contribution is -2.47. The maximum Gasteiger partial charge on any atom is 0.153 e. The summed E-state index contributed by atoms with van der Waals surface area (Å²) in [6, 6.07) is 11.5. The van der Waals surface area contributed by atoms with Gasteiger partial charge in [-0.15, -0.1) is 0 Å². The second kappa shape index (κ2) is 6.14. The van der Waals surface area contributed by atoms with Crippen LogP contribution >= 0.6 is 11.6 Å². The van der Waals surface area contributed by atoms with E-state index in [1.807, 2.05) is 24.3 Å². The molecular formula is C16H16ClN3O. The third kappa shape index (κ3) is 2.85. The first-order valence-corrected chi connectivity index (χ1v) is 7.32. The molecule has 1 aromatic carbocycles. The van der Waals surface area contributed by atoms with Crippen molar-refractivity contribution in [2.24, 2.45) is 0 Å². The Morgan fingerprint density at radius 2 is 1.71 bits per heavy atom. The van der Waals surface area contributed by atoms with Crippen LogP contribution < -0.4 is 9.80 Å². The van der Waals surface area contributed by atoms with Crippen LogP contribution in [0.3, 0.4) is 0 Å². The third-order valence-corrected chi connectivity index (χ3v) is 4.04. The zero-order valence-corrected chi connectivity index (χ0v) is 12.3. The van der Waals surface area contributed by atoms with E-state index in [2.05, 4.69) is 14.8 Å². The Labute approximate surface area is 129 Å². The number of aromatic nitrogens is 1. The zero-order chi connectivity index (χ0) is 14.7. The maximum atomic E-state index is 11.1. The standard InChI is InChI=1S/C16H16ClN3O/c17-14-5-1-2-6-15(14)19-8-10-20(11-9-19)16-13(12-21)4-3-7-18-16/h1-7,12H,8-11H2. The van der Waals surface area contributed by atoms with Crippen molar-refractivity contribution in [3.05, 3.63) is 53.2 Å². The molecule has 5 heteroatoms. The van der Waals surface area contributed by atoms with Gasteiger partial charge in [0.2, 0.25) is 0 Å². The molecule has 0 saturated carbocycles. The van der Waals surface area contributed by atoms with Crippen LogP contribution in [0.15, 0.2) is 42.6 Å². The van der Waals surface area contributed by atoms with Crippen LogP contribution in [0.25, 0.3) is 0 Å². The summed E-state index contributed by atoms with van der Waals surface area (Å²) >= 11 is 6.24. The molecule has 21 heavy (non-hydrogen) atoms. The summed E-state index contributed by atoms with van der Waals surface area (Å²) < 4.78 is 0. The van der Waals surface area contributed by atoms with Crippen LogP contribution in [0.5, 0.6) is 0 Å². The fraction of sp³-hybridized carbons (Fsp3) is 0.250. The summed E-state index contributed by atoms with van der Waals surface area (Å²) in [6.07, 6.45) is 2.59. The molecule has 2 aromatic rings. The summed E-state index contributed by atoms with van der Waals surface area (Å²) in [7, 11) is 0. The van der Waals surface area contributed by atoms with Crippen molar-refractivity contribution >= 4 is 29.4 Å². The molecule has 0 atom stereocenters. The van der Waals surface area contributed by atoms with Crippen molar-refractivity contribution in [2.75, 3.05) is 36.0 Å². The van der Waals surface area contributed by atoms with E-state index in [-0.39, 0.29) is 0 Å². The number of halogens is 1. The number of hydrogen-bond acceptors (Lipinski definition) is 4. The molecule has 0 bridgehead atoms. The number of anilines is 2. The van der Waals surface area contributed by atoms with Gasteiger partial charge in [-0.3, -0.25) is 4.79 Å². The van der Waals surface area contributed by atoms with Crippen molar-refractivity contribution < 1.29 is 4.79 Å². The van der Waals surface area contributed by atoms with Gasteiger partial charge < -0.3 is 9.80 Å². The molecule has 0 unspecified atom stereocenters. The zero-order valence-electron chi connectivity index (χ0n) is 11.6. The van der Waals surface area contributed by atoms with Crippen molar-refractivity contribution in [3.63, 3.8) is 0 Å². The predicted octanol–water partition coefficient (Wildman–Crippen LogP) is 2.87. The summed E-state index contributed by atoms with van der Waals surface area (Å²) in [6.45, 7) is 3.36. The minimum absolute atomic E-state index is 0.642. The van der Waals surface area contributed by atoms with E-state index in [1.165, 1.54) is 0 Å². The van der Waals surface area contributed by atoms with Crippen molar-refractivity contribution in [1.29, 1.82) is 0 Å². The molecule has 1 aliphatic rings. The van der Waals surface area contributed by atoms with E-state index < -0.39 is 0 Å². The van der Waals surface area contributed by atoms with Crippen molar-refractivity contribution in [2.45, 2.75) is 0 Å². The monoisotopic (exact) mass is 301 g/mol. The molecule has 0 aliphatic carbocycles. The molecule has 0 amide bonds. The Bertz CT molecular complexity index is 639. The van der Waals surface area contributed by atoms with Crippen LogP contribution in [0.4, 0.5) is 11.5 Å². The van der Waals surface area contributed by atoms with E-state index >= 15 is 0 Å². The van der Waals surface area contributed by atoms with Gasteiger partial charge in [-0.25, -0.2) is 4.98 Å². The minimum atomic E-state index is 0.642. The molecule has 1 saturated heterocycles. The van der Waals surface area contributed by atoms with Gasteiger partial charge in [0.1, 0.15) is 5.82 Å². The number of carbonyl (C=O) groups is 1. The topological polar surface area (TPSA) is 36.4 Å². The molecule has 1 aliphatic heterocycles. The number of benzene rings is 1. The molecule has 4 nitrogen and oxygen atoms in total. The van der Waals surface area contributed by atoms with Crippen LogP contribution in [-0.4, -0.2) is 37.4 Å². The number of nitrogens with zero attached hydrogens (tertiary/aromatic N) is 3. The highest BCUT2D eigenvalue weighted by Crippen LogP contribution is 2.27. The van der Waals surface area contributed by atoms with E-state index in [9.17, 15) is 4.79 Å². The predicted molar refractivity (Wildman–Crippen MR) is 85.5 cm³/mol. The van der Waals surface area contributed by atoms with Gasteiger partial charge in [-0.05, 0) is 24.3 Å². The molecule has 1 fully saturated rings. The van der Waals surface area contributed by atoms with Crippen LogP contribution in [0.2, 0.25) is 5.02 Å². The van der Waals surface area contributed by atoms with Gasteiger partial charge in [0, 0.05) is 32.4 Å². The Kier molecular flexibility index (Phi) is 4.06. The Hall–Kier alpha value is -2.07. The maximum absolute atomic E-state index is 11.1. The third-order valence-electron chi connectivity index (χ3n) is 3.72. The highest BCUT2D eigenvalue weighted by Gasteiger charge is 2.21. The highest BCUT2D eigenvalue weighted by atomic mass is 35.5. The number of para-hydroxylation sites is 1. The molecule has 1 aromatic heterocycles. The summed E-state index contributed by atoms with van der Waals surface area (Å²) in [5.74, 6) is 0.770. The number of rotatable bonds is 3. The van der Waals surface area contributed by atoms with Gasteiger partial charge in [0.25, 0.3) is 0 Å². The summed E-state index contributed by atoms with van der Waals surface area (Å²) in [5, 5.41) is 0.775. The lowest BCUT2D eigenvalue weighted by molar-refractivity contribution is 0.112. The number of hydrogen-bond donors (Lipinski definition) is 0. The van der Waals surface area contributed by atoms with Crippen molar-refractivity contribution in [3.8, 4) is 0 Å². The van der Waals surface area contributed by atoms with E-state index in [1.54, 1.807) is 18.3 Å². The summed E-state index contributed by atoms with van der Waals surface area (Å²) in [4.78, 5) is 19.9. The largest absolute Gasteiger partial charge is 0.367 e. The number of pyridine rings is 1. The molecule has 3 rings (SSSR count). The Morgan fingerprint density at radius 1 is 1.00 bits per heavy atom. The molecule has 2 heterocycles. The van der Waals surface area contributed by atoms with Gasteiger partial charge in [0.15, 0.2) is 6.29 Å². The van der Waals surface area contributed by atoms with E-state index in [0.717, 1.165) is 49.0 Å². The van der Waals surface area contributed by atoms with Crippen LogP contribution in [0.1, 0.15) is 10.4 Å². The Morgan fingerprint density at radius 3 is 2.43 bits per heavy atom. The fourth-order valence-corrected chi connectivity index (χ4v) is 2.89. The van der Waals surface area contributed by atoms with Crippen LogP contribution in [-0.2, 0) is 0 Å². The summed E-state index contributed by atoms with van der Waals surface area (Å²) in [5.41, 5.74) is 1.71. The fourth-order valence-electron chi connectivity index (χ4n) is 2.63. The number of carbonyl (C=O) groups excluding carboxylic acids is 1. The highest BCUT2D eigenvalue weighted by molar-refractivity contribution is 6.33. The molecule has 0 radical (unpaired) electrons. The number of aldehydes is 1. The van der Waals surface area contributed by atoms with Gasteiger partial charge in [-0.2, -0.15) is 0 Å². The molecule has 0 N–H and O–H groups in total. The lowest BCUT2D eigenvalue weighted by Gasteiger charge is -2.37. The van der Waals surface area contributed by atoms with Gasteiger partial charge >= 0.3 is 0 Å². The lowest BCUT2D eigenvalue weighted by atomic mass is 10.2. The second-order valence-electron chi connectivity index (χ2n) is 4.96. The van der Waals surface area contributed by atoms with E-state index in [4.69, 9.17) is 11.6 Å². The van der Waals surface area contributed by atoms with E-state index in [0.29, 0.717) is 5.56 Å². The molecular weight excluding hydrogens is 286 g/mol. The van der Waals surface area contributed by atoms with Crippen molar-refractivity contribution in [1.82, 2.24) is 4.98 Å². The average Bonchev–Trinajstić information content (AvgIpc) is 2.55. The quantitative estimate of drug-likeness (QED) is 0.817. The first-order chi connectivity index (χ1) is 10.3. The van der Waals surface area contributed by atoms with Gasteiger partial charge in [0.05, 0.1) is 16.3 Å². The van der Waals surface area contributed by atoms with Crippen LogP contribution in [0, 0.1) is 0 Å². The minimum Gasteiger partial charge on any atom is -0.367 e. The van der Waals surface area contributed by atoms with Gasteiger partial charge in [-0.1, -0.05) is 23.7 Å². The first kappa shape index (κ1) is 13.9. The molecule has 0 spiro atoms. The smallest absolute Gasteiger partial charge is 0.153 e. The molecule has 108 valence electrons. The SMILES string of the molecule is O=Cc1cccnc1N1CCN(c2ccccc2Cl)CC1. The Balaban J connectivity index is 1.73. The first-order valence-electron chi connectivity index (χ1n) is 6.94. The number of piperazine rings is 1. The average molecular weight is 302 g/mol. The normalized spacial score (nSPS) is 15.1.